The summed E-state index contributed by atoms with van der Waals surface area (Å²) < 4.78 is 0. The number of amides is 1. The van der Waals surface area contributed by atoms with Crippen molar-refractivity contribution in [2.45, 2.75) is 59.4 Å². The Balaban J connectivity index is 2.09. The lowest BCUT2D eigenvalue weighted by molar-refractivity contribution is -0.136. The van der Waals surface area contributed by atoms with Gasteiger partial charge < -0.3 is 4.90 Å². The van der Waals surface area contributed by atoms with Crippen LogP contribution in [0.5, 0.6) is 0 Å². The topological polar surface area (TPSA) is 20.3 Å². The molecule has 0 N–H and O–H groups in total. The van der Waals surface area contributed by atoms with E-state index in [-0.39, 0.29) is 5.41 Å². The third-order valence-corrected chi connectivity index (χ3v) is 4.71. The smallest absolute Gasteiger partial charge is 0.225 e. The van der Waals surface area contributed by atoms with Crippen molar-refractivity contribution < 1.29 is 4.79 Å². The lowest BCUT2D eigenvalue weighted by atomic mass is 9.80. The van der Waals surface area contributed by atoms with Crippen molar-refractivity contribution in [1.29, 1.82) is 0 Å². The van der Waals surface area contributed by atoms with Crippen molar-refractivity contribution in [2.24, 2.45) is 11.3 Å². The summed E-state index contributed by atoms with van der Waals surface area (Å²) in [6.07, 6.45) is 4.29. The monoisotopic (exact) mass is 287 g/mol. The second kappa shape index (κ2) is 6.64. The molecule has 2 nitrogen and oxygen atoms in total. The maximum atomic E-state index is 12.5. The summed E-state index contributed by atoms with van der Waals surface area (Å²) in [5.74, 6) is 0.683. The molecule has 2 rings (SSSR count). The maximum Gasteiger partial charge on any atom is 0.225 e. The van der Waals surface area contributed by atoms with E-state index in [9.17, 15) is 4.79 Å². The quantitative estimate of drug-likeness (QED) is 0.732. The SMILES string of the molecule is CCC(C)(Cc1ccccc1)CN(C(=O)C1CC1)C(C)C. The average molecular weight is 287 g/mol. The number of carbonyl (C=O) groups is 1. The van der Waals surface area contributed by atoms with Crippen LogP contribution in [0.3, 0.4) is 0 Å². The maximum absolute atomic E-state index is 12.5. The Kier molecular flexibility index (Phi) is 5.08. The highest BCUT2D eigenvalue weighted by Crippen LogP contribution is 2.34. The molecule has 0 bridgehead atoms. The molecule has 0 radical (unpaired) electrons. The number of carbonyl (C=O) groups excluding carboxylic acids is 1. The van der Waals surface area contributed by atoms with E-state index in [4.69, 9.17) is 0 Å². The van der Waals surface area contributed by atoms with E-state index in [1.165, 1.54) is 5.56 Å². The molecule has 0 saturated heterocycles. The van der Waals surface area contributed by atoms with Gasteiger partial charge in [-0.05, 0) is 50.5 Å². The Morgan fingerprint density at radius 2 is 1.90 bits per heavy atom. The van der Waals surface area contributed by atoms with Crippen molar-refractivity contribution in [3.8, 4) is 0 Å². The van der Waals surface area contributed by atoms with Crippen molar-refractivity contribution in [3.63, 3.8) is 0 Å². The second-order valence-electron chi connectivity index (χ2n) is 7.16. The molecular formula is C19H29NO. The first-order valence-electron chi connectivity index (χ1n) is 8.29. The minimum Gasteiger partial charge on any atom is -0.339 e. The fraction of sp³-hybridized carbons (Fsp3) is 0.632. The molecule has 0 heterocycles. The molecule has 1 saturated carbocycles. The molecule has 1 aliphatic rings. The molecule has 1 atom stereocenters. The van der Waals surface area contributed by atoms with Crippen LogP contribution < -0.4 is 0 Å². The van der Waals surface area contributed by atoms with Gasteiger partial charge in [-0.25, -0.2) is 0 Å². The van der Waals surface area contributed by atoms with Gasteiger partial charge in [0.2, 0.25) is 5.91 Å². The number of benzene rings is 1. The van der Waals surface area contributed by atoms with Crippen molar-refractivity contribution in [3.05, 3.63) is 35.9 Å². The first kappa shape index (κ1) is 16.1. The zero-order valence-corrected chi connectivity index (χ0v) is 13.9. The lowest BCUT2D eigenvalue weighted by Gasteiger charge is -2.37. The van der Waals surface area contributed by atoms with Gasteiger partial charge in [-0.3, -0.25) is 4.79 Å². The summed E-state index contributed by atoms with van der Waals surface area (Å²) in [6, 6.07) is 10.9. The predicted octanol–water partition coefficient (Wildman–Crippen LogP) is 4.29. The number of nitrogens with zero attached hydrogens (tertiary/aromatic N) is 1. The third kappa shape index (κ3) is 4.33. The van der Waals surface area contributed by atoms with Crippen molar-refractivity contribution in [1.82, 2.24) is 4.90 Å². The molecule has 2 heteroatoms. The van der Waals surface area contributed by atoms with Crippen LogP contribution in [0.2, 0.25) is 0 Å². The van der Waals surface area contributed by atoms with Crippen LogP contribution in [-0.4, -0.2) is 23.4 Å². The molecule has 1 amide bonds. The Hall–Kier alpha value is -1.31. The molecule has 1 aliphatic carbocycles. The number of rotatable bonds is 7. The van der Waals surface area contributed by atoms with E-state index in [0.29, 0.717) is 17.9 Å². The zero-order chi connectivity index (χ0) is 15.5. The molecule has 0 spiro atoms. The van der Waals surface area contributed by atoms with Crippen LogP contribution in [0.1, 0.15) is 52.5 Å². The van der Waals surface area contributed by atoms with Crippen LogP contribution in [0, 0.1) is 11.3 Å². The highest BCUT2D eigenvalue weighted by Gasteiger charge is 2.37. The average Bonchev–Trinajstić information content (AvgIpc) is 3.29. The summed E-state index contributed by atoms with van der Waals surface area (Å²) >= 11 is 0. The summed E-state index contributed by atoms with van der Waals surface area (Å²) in [7, 11) is 0. The van der Waals surface area contributed by atoms with Gasteiger partial charge in [0, 0.05) is 18.5 Å². The van der Waals surface area contributed by atoms with Gasteiger partial charge in [-0.1, -0.05) is 44.2 Å². The Morgan fingerprint density at radius 3 is 2.38 bits per heavy atom. The zero-order valence-electron chi connectivity index (χ0n) is 13.9. The van der Waals surface area contributed by atoms with E-state index < -0.39 is 0 Å². The van der Waals surface area contributed by atoms with E-state index >= 15 is 0 Å². The normalized spacial score (nSPS) is 17.6. The number of hydrogen-bond acceptors (Lipinski definition) is 1. The van der Waals surface area contributed by atoms with Crippen molar-refractivity contribution in [2.75, 3.05) is 6.54 Å². The van der Waals surface area contributed by atoms with Crippen molar-refractivity contribution >= 4 is 5.91 Å². The van der Waals surface area contributed by atoms with Gasteiger partial charge in [0.15, 0.2) is 0 Å². The van der Waals surface area contributed by atoms with Gasteiger partial charge in [0.05, 0.1) is 0 Å². The minimum absolute atomic E-state index is 0.149. The molecule has 0 aliphatic heterocycles. The summed E-state index contributed by atoms with van der Waals surface area (Å²) in [5.41, 5.74) is 1.51. The Bertz CT molecular complexity index is 464. The predicted molar refractivity (Wildman–Crippen MR) is 88.1 cm³/mol. The highest BCUT2D eigenvalue weighted by atomic mass is 16.2. The van der Waals surface area contributed by atoms with Gasteiger partial charge in [-0.15, -0.1) is 0 Å². The van der Waals surface area contributed by atoms with Gasteiger partial charge in [0.25, 0.3) is 0 Å². The fourth-order valence-corrected chi connectivity index (χ4v) is 2.87. The van der Waals surface area contributed by atoms with Crippen LogP contribution in [0.4, 0.5) is 0 Å². The van der Waals surface area contributed by atoms with Crippen LogP contribution in [-0.2, 0) is 11.2 Å². The molecular weight excluding hydrogens is 258 g/mol. The van der Waals surface area contributed by atoms with Crippen LogP contribution in [0.15, 0.2) is 30.3 Å². The Labute approximate surface area is 129 Å². The van der Waals surface area contributed by atoms with E-state index in [1.54, 1.807) is 0 Å². The summed E-state index contributed by atoms with van der Waals surface area (Å²) in [6.45, 7) is 9.70. The number of hydrogen-bond donors (Lipinski definition) is 0. The molecule has 1 fully saturated rings. The molecule has 1 aromatic carbocycles. The molecule has 21 heavy (non-hydrogen) atoms. The van der Waals surface area contributed by atoms with Crippen LogP contribution in [0.25, 0.3) is 0 Å². The second-order valence-corrected chi connectivity index (χ2v) is 7.16. The first-order valence-corrected chi connectivity index (χ1v) is 8.29. The lowest BCUT2D eigenvalue weighted by Crippen LogP contribution is -2.45. The molecule has 1 unspecified atom stereocenters. The molecule has 1 aromatic rings. The Morgan fingerprint density at radius 1 is 1.29 bits per heavy atom. The molecule has 116 valence electrons. The third-order valence-electron chi connectivity index (χ3n) is 4.71. The van der Waals surface area contributed by atoms with Gasteiger partial charge in [-0.2, -0.15) is 0 Å². The van der Waals surface area contributed by atoms with Crippen LogP contribution >= 0.6 is 0 Å². The van der Waals surface area contributed by atoms with E-state index in [0.717, 1.165) is 32.2 Å². The fourth-order valence-electron chi connectivity index (χ4n) is 2.87. The largest absolute Gasteiger partial charge is 0.339 e. The first-order chi connectivity index (χ1) is 9.95. The summed E-state index contributed by atoms with van der Waals surface area (Å²) in [4.78, 5) is 14.6. The minimum atomic E-state index is 0.149. The van der Waals surface area contributed by atoms with Gasteiger partial charge >= 0.3 is 0 Å². The summed E-state index contributed by atoms with van der Waals surface area (Å²) in [5, 5.41) is 0. The molecule has 0 aromatic heterocycles. The highest BCUT2D eigenvalue weighted by molar-refractivity contribution is 5.81. The standard InChI is InChI=1S/C19H29NO/c1-5-19(4,13-16-9-7-6-8-10-16)14-20(15(2)3)18(21)17-11-12-17/h6-10,15,17H,5,11-14H2,1-4H3. The van der Waals surface area contributed by atoms with E-state index in [1.807, 2.05) is 0 Å². The van der Waals surface area contributed by atoms with Gasteiger partial charge in [0.1, 0.15) is 0 Å². The van der Waals surface area contributed by atoms with E-state index in [2.05, 4.69) is 62.9 Å².